The quantitative estimate of drug-likeness (QED) is 0.730. The Morgan fingerprint density at radius 2 is 1.88 bits per heavy atom. The highest BCUT2D eigenvalue weighted by Crippen LogP contribution is 2.23. The number of benzene rings is 1. The van der Waals surface area contributed by atoms with Crippen LogP contribution in [0.5, 0.6) is 5.75 Å². The molecule has 88 valence electrons. The zero-order valence-corrected chi connectivity index (χ0v) is 9.27. The minimum atomic E-state index is -4.65. The van der Waals surface area contributed by atoms with Crippen molar-refractivity contribution in [1.82, 2.24) is 0 Å². The van der Waals surface area contributed by atoms with Crippen LogP contribution in [-0.2, 0) is 0 Å². The minimum absolute atomic E-state index is 0.229. The van der Waals surface area contributed by atoms with Gasteiger partial charge in [-0.15, -0.1) is 24.8 Å². The van der Waals surface area contributed by atoms with Crippen LogP contribution in [0.1, 0.15) is 12.5 Å². The van der Waals surface area contributed by atoms with Crippen LogP contribution in [0.2, 0.25) is 0 Å². The smallest absolute Gasteiger partial charge is 0.406 e. The summed E-state index contributed by atoms with van der Waals surface area (Å²) in [6.45, 7) is 1.84. The molecule has 0 bridgehead atoms. The number of allylic oxidation sites excluding steroid dienone is 1. The second-order valence-corrected chi connectivity index (χ2v) is 3.51. The van der Waals surface area contributed by atoms with Gasteiger partial charge in [-0.3, -0.25) is 0 Å². The molecular weight excluding hydrogens is 241 g/mol. The van der Waals surface area contributed by atoms with Crippen molar-refractivity contribution < 1.29 is 17.9 Å². The number of ether oxygens (including phenoxy) is 1. The fraction of sp³-hybridized carbons (Fsp3) is 0.273. The molecule has 5 heteroatoms. The second-order valence-electron chi connectivity index (χ2n) is 3.24. The average Bonchev–Trinajstić information content (AvgIpc) is 2.18. The summed E-state index contributed by atoms with van der Waals surface area (Å²) in [6, 6.07) is 5.61. The first-order chi connectivity index (χ1) is 7.40. The Balaban J connectivity index is 2.76. The summed E-state index contributed by atoms with van der Waals surface area (Å²) >= 11 is 5.58. The van der Waals surface area contributed by atoms with Crippen LogP contribution >= 0.6 is 11.6 Å². The molecule has 0 atom stereocenters. The lowest BCUT2D eigenvalue weighted by atomic mass is 10.1. The Hall–Kier alpha value is -1.16. The molecule has 0 N–H and O–H groups in total. The molecule has 1 rings (SSSR count). The molecule has 0 saturated carbocycles. The van der Waals surface area contributed by atoms with Gasteiger partial charge in [0, 0.05) is 5.88 Å². The molecule has 0 spiro atoms. The van der Waals surface area contributed by atoms with E-state index >= 15 is 0 Å². The molecule has 16 heavy (non-hydrogen) atoms. The van der Waals surface area contributed by atoms with Crippen molar-refractivity contribution in [1.29, 1.82) is 0 Å². The van der Waals surface area contributed by atoms with Crippen LogP contribution in [0.4, 0.5) is 13.2 Å². The van der Waals surface area contributed by atoms with E-state index in [9.17, 15) is 13.2 Å². The number of hydrogen-bond acceptors (Lipinski definition) is 1. The Morgan fingerprint density at radius 1 is 1.31 bits per heavy atom. The molecule has 0 aliphatic heterocycles. The molecule has 1 aromatic rings. The molecule has 1 aromatic carbocycles. The van der Waals surface area contributed by atoms with Crippen LogP contribution in [0, 0.1) is 0 Å². The molecule has 1 nitrogen and oxygen atoms in total. The van der Waals surface area contributed by atoms with Crippen molar-refractivity contribution in [2.75, 3.05) is 5.88 Å². The predicted octanol–water partition coefficient (Wildman–Crippen LogP) is 4.23. The van der Waals surface area contributed by atoms with Crippen molar-refractivity contribution in [3.63, 3.8) is 0 Å². The second kappa shape index (κ2) is 5.25. The summed E-state index contributed by atoms with van der Waals surface area (Å²) in [4.78, 5) is 0. The molecule has 0 saturated heterocycles. The fourth-order valence-electron chi connectivity index (χ4n) is 1.09. The van der Waals surface area contributed by atoms with Gasteiger partial charge in [0.2, 0.25) is 0 Å². The molecule has 0 aliphatic carbocycles. The van der Waals surface area contributed by atoms with E-state index in [1.54, 1.807) is 6.08 Å². The van der Waals surface area contributed by atoms with Gasteiger partial charge in [-0.1, -0.05) is 23.8 Å². The monoisotopic (exact) mass is 250 g/mol. The van der Waals surface area contributed by atoms with Crippen LogP contribution < -0.4 is 4.74 Å². The maximum Gasteiger partial charge on any atom is 0.573 e. The van der Waals surface area contributed by atoms with E-state index in [4.69, 9.17) is 11.6 Å². The van der Waals surface area contributed by atoms with Crippen molar-refractivity contribution in [2.24, 2.45) is 0 Å². The molecule has 0 amide bonds. The van der Waals surface area contributed by atoms with Gasteiger partial charge in [-0.05, 0) is 24.6 Å². The Labute approximate surface area is 96.5 Å². The van der Waals surface area contributed by atoms with E-state index < -0.39 is 6.36 Å². The van der Waals surface area contributed by atoms with Gasteiger partial charge >= 0.3 is 6.36 Å². The van der Waals surface area contributed by atoms with Gasteiger partial charge in [-0.2, -0.15) is 0 Å². The number of alkyl halides is 4. The third-order valence-electron chi connectivity index (χ3n) is 1.74. The van der Waals surface area contributed by atoms with Crippen molar-refractivity contribution in [2.45, 2.75) is 13.3 Å². The Bertz CT molecular complexity index is 368. The van der Waals surface area contributed by atoms with Crippen molar-refractivity contribution in [3.05, 3.63) is 35.4 Å². The van der Waals surface area contributed by atoms with Gasteiger partial charge in [0.05, 0.1) is 0 Å². The zero-order chi connectivity index (χ0) is 12.2. The van der Waals surface area contributed by atoms with Crippen molar-refractivity contribution in [3.8, 4) is 5.75 Å². The number of halogens is 4. The van der Waals surface area contributed by atoms with E-state index in [1.807, 2.05) is 6.92 Å². The van der Waals surface area contributed by atoms with E-state index in [-0.39, 0.29) is 5.75 Å². The summed E-state index contributed by atoms with van der Waals surface area (Å²) in [5, 5.41) is 0. The lowest BCUT2D eigenvalue weighted by Crippen LogP contribution is -2.16. The van der Waals surface area contributed by atoms with E-state index in [1.165, 1.54) is 24.3 Å². The lowest BCUT2D eigenvalue weighted by molar-refractivity contribution is -0.274. The minimum Gasteiger partial charge on any atom is -0.406 e. The van der Waals surface area contributed by atoms with Crippen LogP contribution in [-0.4, -0.2) is 12.2 Å². The summed E-state index contributed by atoms with van der Waals surface area (Å²) in [5.74, 6) is 0.161. The molecule has 0 radical (unpaired) electrons. The van der Waals surface area contributed by atoms with Crippen molar-refractivity contribution >= 4 is 17.7 Å². The van der Waals surface area contributed by atoms with E-state index in [2.05, 4.69) is 4.74 Å². The van der Waals surface area contributed by atoms with Gasteiger partial charge < -0.3 is 4.74 Å². The zero-order valence-electron chi connectivity index (χ0n) is 8.51. The number of hydrogen-bond donors (Lipinski definition) is 0. The van der Waals surface area contributed by atoms with Gasteiger partial charge in [0.15, 0.2) is 0 Å². The summed E-state index contributed by atoms with van der Waals surface area (Å²) < 4.78 is 39.3. The fourth-order valence-corrected chi connectivity index (χ4v) is 1.17. The third kappa shape index (κ3) is 4.57. The maximum absolute atomic E-state index is 11.9. The standard InChI is InChI=1S/C11H10ClF3O/c1-8(7-12)6-9-2-4-10(5-3-9)16-11(13,14)15/h2-6H,7H2,1H3. The Kier molecular flexibility index (Phi) is 4.24. The van der Waals surface area contributed by atoms with Crippen LogP contribution in [0.3, 0.4) is 0 Å². The highest BCUT2D eigenvalue weighted by Gasteiger charge is 2.30. The molecule has 0 heterocycles. The highest BCUT2D eigenvalue weighted by atomic mass is 35.5. The highest BCUT2D eigenvalue weighted by molar-refractivity contribution is 6.19. The SMILES string of the molecule is CC(=Cc1ccc(OC(F)(F)F)cc1)CCl. The van der Waals surface area contributed by atoms with Gasteiger partial charge in [-0.25, -0.2) is 0 Å². The first-order valence-electron chi connectivity index (χ1n) is 4.49. The Morgan fingerprint density at radius 3 is 2.31 bits per heavy atom. The van der Waals surface area contributed by atoms with E-state index in [0.29, 0.717) is 5.88 Å². The molecule has 0 aromatic heterocycles. The van der Waals surface area contributed by atoms with E-state index in [0.717, 1.165) is 11.1 Å². The summed E-state index contributed by atoms with van der Waals surface area (Å²) in [5.41, 5.74) is 1.72. The first-order valence-corrected chi connectivity index (χ1v) is 5.03. The molecule has 0 fully saturated rings. The topological polar surface area (TPSA) is 9.23 Å². The van der Waals surface area contributed by atoms with Crippen LogP contribution in [0.25, 0.3) is 6.08 Å². The molecular formula is C11H10ClF3O. The molecule has 0 unspecified atom stereocenters. The predicted molar refractivity (Wildman–Crippen MR) is 57.5 cm³/mol. The van der Waals surface area contributed by atoms with Gasteiger partial charge in [0.1, 0.15) is 5.75 Å². The third-order valence-corrected chi connectivity index (χ3v) is 2.16. The summed E-state index contributed by atoms with van der Waals surface area (Å²) in [6.07, 6.45) is -2.85. The average molecular weight is 251 g/mol. The number of rotatable bonds is 3. The molecule has 0 aliphatic rings. The normalized spacial score (nSPS) is 12.7. The lowest BCUT2D eigenvalue weighted by Gasteiger charge is -2.08. The van der Waals surface area contributed by atoms with Crippen LogP contribution in [0.15, 0.2) is 29.8 Å². The summed E-state index contributed by atoms with van der Waals surface area (Å²) in [7, 11) is 0. The van der Waals surface area contributed by atoms with Gasteiger partial charge in [0.25, 0.3) is 0 Å². The maximum atomic E-state index is 11.9. The largest absolute Gasteiger partial charge is 0.573 e. The first kappa shape index (κ1) is 12.9.